The minimum atomic E-state index is -0.765. The SMILES string of the molecule is CC.COC1=CCC(C/C=C(C)/C=C\C=C\C(=O)NC(C(=O)N/C=C\CC(C/C=C(\C)Cl)ON)C(C)(C)C)OC1=O. The van der Waals surface area contributed by atoms with Gasteiger partial charge in [-0.15, -0.1) is 0 Å². The van der Waals surface area contributed by atoms with Crippen LogP contribution in [0.3, 0.4) is 0 Å². The number of amides is 2. The average molecular weight is 594 g/mol. The summed E-state index contributed by atoms with van der Waals surface area (Å²) in [5, 5.41) is 6.13. The molecular weight excluding hydrogens is 546 g/mol. The van der Waals surface area contributed by atoms with Crippen LogP contribution in [0.15, 0.2) is 71.2 Å². The maximum absolute atomic E-state index is 12.8. The lowest BCUT2D eigenvalue weighted by Crippen LogP contribution is -2.52. The van der Waals surface area contributed by atoms with Crippen molar-refractivity contribution < 1.29 is 28.7 Å². The lowest BCUT2D eigenvalue weighted by atomic mass is 9.86. The molecule has 1 aliphatic heterocycles. The van der Waals surface area contributed by atoms with E-state index in [4.69, 9.17) is 31.8 Å². The third-order valence-electron chi connectivity index (χ3n) is 5.69. The summed E-state index contributed by atoms with van der Waals surface area (Å²) in [5.74, 6) is 4.35. The molecule has 0 fully saturated rings. The molecule has 0 aromatic rings. The number of ether oxygens (including phenoxy) is 2. The Balaban J connectivity index is 0.00000781. The largest absolute Gasteiger partial charge is 0.490 e. The molecule has 41 heavy (non-hydrogen) atoms. The number of methoxy groups -OCH3 is 1. The maximum atomic E-state index is 12.8. The molecular formula is C31H48ClN3O6. The molecule has 3 unspecified atom stereocenters. The van der Waals surface area contributed by atoms with E-state index in [2.05, 4.69) is 10.6 Å². The molecule has 9 nitrogen and oxygen atoms in total. The first-order valence-corrected chi connectivity index (χ1v) is 14.2. The number of cyclic esters (lactones) is 1. The second-order valence-electron chi connectivity index (χ2n) is 10.2. The molecule has 0 aliphatic carbocycles. The molecule has 0 radical (unpaired) electrons. The Kier molecular flexibility index (Phi) is 19.1. The Bertz CT molecular complexity index is 1020. The monoisotopic (exact) mass is 593 g/mol. The summed E-state index contributed by atoms with van der Waals surface area (Å²) < 4.78 is 10.3. The van der Waals surface area contributed by atoms with Gasteiger partial charge in [0, 0.05) is 23.9 Å². The molecule has 10 heteroatoms. The van der Waals surface area contributed by atoms with Crippen molar-refractivity contribution in [2.24, 2.45) is 11.3 Å². The summed E-state index contributed by atoms with van der Waals surface area (Å²) in [6.45, 7) is 13.3. The van der Waals surface area contributed by atoms with E-state index < -0.39 is 23.3 Å². The molecule has 1 heterocycles. The first kappa shape index (κ1) is 37.9. The summed E-state index contributed by atoms with van der Waals surface area (Å²) in [7, 11) is 1.44. The van der Waals surface area contributed by atoms with E-state index in [1.54, 1.807) is 31.2 Å². The predicted molar refractivity (Wildman–Crippen MR) is 164 cm³/mol. The number of allylic oxidation sites excluding steroid dienone is 5. The van der Waals surface area contributed by atoms with Crippen LogP contribution >= 0.6 is 11.6 Å². The minimum absolute atomic E-state index is 0.232. The van der Waals surface area contributed by atoms with Crippen LogP contribution in [0.25, 0.3) is 0 Å². The maximum Gasteiger partial charge on any atom is 0.373 e. The van der Waals surface area contributed by atoms with Crippen molar-refractivity contribution in [2.75, 3.05) is 7.11 Å². The van der Waals surface area contributed by atoms with Crippen LogP contribution in [0.1, 0.15) is 74.1 Å². The molecule has 0 saturated heterocycles. The van der Waals surface area contributed by atoms with Crippen molar-refractivity contribution in [3.05, 3.63) is 71.2 Å². The van der Waals surface area contributed by atoms with Crippen molar-refractivity contribution in [1.82, 2.24) is 10.6 Å². The van der Waals surface area contributed by atoms with E-state index in [0.717, 1.165) is 5.57 Å². The quantitative estimate of drug-likeness (QED) is 0.103. The minimum Gasteiger partial charge on any atom is -0.490 e. The number of carbonyl (C=O) groups excluding carboxylic acids is 3. The number of rotatable bonds is 14. The van der Waals surface area contributed by atoms with Gasteiger partial charge in [0.15, 0.2) is 5.76 Å². The fourth-order valence-corrected chi connectivity index (χ4v) is 3.53. The standard InChI is InChI=1S/C29H42ClN3O6.C2H6/c1-20(13-15-22-17-18-24(37-6)28(36)38-22)10-7-8-12-25(34)33-26(29(3,4)5)27(35)32-19-9-11-23(39-31)16-14-21(2)30;1-2/h7-10,12-14,18-19,22-23,26H,11,15-17,31H2,1-6H3,(H,32,35)(H,33,34);1-2H3/b10-7-,12-8+,19-9-,20-13+,21-14+;. The van der Waals surface area contributed by atoms with Gasteiger partial charge in [-0.1, -0.05) is 88.2 Å². The van der Waals surface area contributed by atoms with E-state index in [1.165, 1.54) is 19.4 Å². The lowest BCUT2D eigenvalue weighted by molar-refractivity contribution is -0.149. The Labute approximate surface area is 250 Å². The number of hydrogen-bond donors (Lipinski definition) is 3. The summed E-state index contributed by atoms with van der Waals surface area (Å²) in [6, 6.07) is -0.765. The Morgan fingerprint density at radius 3 is 2.39 bits per heavy atom. The van der Waals surface area contributed by atoms with Gasteiger partial charge in [-0.2, -0.15) is 0 Å². The van der Waals surface area contributed by atoms with Crippen LogP contribution in [-0.2, 0) is 28.7 Å². The lowest BCUT2D eigenvalue weighted by Gasteiger charge is -2.29. The van der Waals surface area contributed by atoms with Gasteiger partial charge in [0.25, 0.3) is 0 Å². The second-order valence-corrected chi connectivity index (χ2v) is 10.8. The topological polar surface area (TPSA) is 129 Å². The molecule has 0 bridgehead atoms. The van der Waals surface area contributed by atoms with Gasteiger partial charge in [-0.3, -0.25) is 9.59 Å². The van der Waals surface area contributed by atoms with E-state index in [1.807, 2.05) is 59.8 Å². The van der Waals surface area contributed by atoms with Gasteiger partial charge in [0.05, 0.1) is 13.2 Å². The smallest absolute Gasteiger partial charge is 0.373 e. The highest BCUT2D eigenvalue weighted by Gasteiger charge is 2.31. The fourth-order valence-electron chi connectivity index (χ4n) is 3.44. The third kappa shape index (κ3) is 16.7. The number of nitrogens with two attached hydrogens (primary N) is 1. The molecule has 230 valence electrons. The summed E-state index contributed by atoms with van der Waals surface area (Å²) in [4.78, 5) is 41.9. The average Bonchev–Trinajstić information content (AvgIpc) is 2.92. The van der Waals surface area contributed by atoms with Crippen LogP contribution in [0.4, 0.5) is 0 Å². The molecule has 4 N–H and O–H groups in total. The molecule has 1 aliphatic rings. The fraction of sp³-hybridized carbons (Fsp3) is 0.516. The van der Waals surface area contributed by atoms with Crippen LogP contribution in [-0.4, -0.2) is 43.1 Å². The first-order valence-electron chi connectivity index (χ1n) is 13.8. The highest BCUT2D eigenvalue weighted by molar-refractivity contribution is 6.29. The molecule has 0 aromatic carbocycles. The van der Waals surface area contributed by atoms with Gasteiger partial charge in [-0.05, 0) is 44.4 Å². The van der Waals surface area contributed by atoms with Crippen molar-refractivity contribution in [2.45, 2.75) is 92.4 Å². The molecule has 0 spiro atoms. The van der Waals surface area contributed by atoms with Crippen molar-refractivity contribution >= 4 is 29.4 Å². The molecule has 0 saturated carbocycles. The molecule has 3 atom stereocenters. The number of hydrogen-bond acceptors (Lipinski definition) is 7. The first-order chi connectivity index (χ1) is 19.4. The number of halogens is 1. The number of carbonyl (C=O) groups is 3. The zero-order valence-electron chi connectivity index (χ0n) is 25.7. The van der Waals surface area contributed by atoms with Crippen LogP contribution in [0.5, 0.6) is 0 Å². The Morgan fingerprint density at radius 1 is 1.17 bits per heavy atom. The van der Waals surface area contributed by atoms with E-state index in [9.17, 15) is 14.4 Å². The van der Waals surface area contributed by atoms with Crippen LogP contribution in [0.2, 0.25) is 0 Å². The van der Waals surface area contributed by atoms with Gasteiger partial charge in [0.2, 0.25) is 11.8 Å². The van der Waals surface area contributed by atoms with Gasteiger partial charge < -0.3 is 24.9 Å². The van der Waals surface area contributed by atoms with E-state index in [0.29, 0.717) is 30.7 Å². The normalized spacial score (nSPS) is 18.0. The third-order valence-corrected chi connectivity index (χ3v) is 5.85. The molecule has 1 rings (SSSR count). The number of esters is 1. The summed E-state index contributed by atoms with van der Waals surface area (Å²) in [6.07, 6.45) is 17.0. The Morgan fingerprint density at radius 2 is 1.83 bits per heavy atom. The highest BCUT2D eigenvalue weighted by atomic mass is 35.5. The van der Waals surface area contributed by atoms with E-state index >= 15 is 0 Å². The van der Waals surface area contributed by atoms with Crippen molar-refractivity contribution in [3.63, 3.8) is 0 Å². The van der Waals surface area contributed by atoms with Crippen LogP contribution in [0, 0.1) is 5.41 Å². The van der Waals surface area contributed by atoms with Gasteiger partial charge >= 0.3 is 5.97 Å². The zero-order chi connectivity index (χ0) is 31.4. The van der Waals surface area contributed by atoms with Crippen molar-refractivity contribution in [3.8, 4) is 0 Å². The molecule has 0 aromatic heterocycles. The Hall–Kier alpha value is -3.14. The highest BCUT2D eigenvalue weighted by Crippen LogP contribution is 2.20. The number of nitrogens with one attached hydrogen (secondary N) is 2. The zero-order valence-corrected chi connectivity index (χ0v) is 26.4. The van der Waals surface area contributed by atoms with Gasteiger partial charge in [0.1, 0.15) is 12.1 Å². The van der Waals surface area contributed by atoms with Crippen molar-refractivity contribution in [1.29, 1.82) is 0 Å². The summed E-state index contributed by atoms with van der Waals surface area (Å²) in [5.41, 5.74) is 0.427. The van der Waals surface area contributed by atoms with Gasteiger partial charge in [-0.25, -0.2) is 10.7 Å². The summed E-state index contributed by atoms with van der Waals surface area (Å²) >= 11 is 5.83. The second kappa shape index (κ2) is 20.7. The van der Waals surface area contributed by atoms with Crippen LogP contribution < -0.4 is 16.5 Å². The predicted octanol–water partition coefficient (Wildman–Crippen LogP) is 5.65. The molecule has 2 amide bonds. The van der Waals surface area contributed by atoms with E-state index in [-0.39, 0.29) is 23.9 Å².